The van der Waals surface area contributed by atoms with E-state index in [1.165, 1.54) is 12.8 Å². The van der Waals surface area contributed by atoms with Crippen molar-refractivity contribution in [1.82, 2.24) is 20.0 Å². The normalized spacial score (nSPS) is 27.3. The van der Waals surface area contributed by atoms with Gasteiger partial charge >= 0.3 is 0 Å². The number of hydrogen-bond donors (Lipinski definition) is 2. The molecule has 0 saturated carbocycles. The quantitative estimate of drug-likeness (QED) is 0.577. The van der Waals surface area contributed by atoms with E-state index in [0.717, 1.165) is 40.0 Å². The number of benzene rings is 1. The van der Waals surface area contributed by atoms with E-state index in [-0.39, 0.29) is 29.7 Å². The van der Waals surface area contributed by atoms with E-state index in [1.807, 2.05) is 25.1 Å². The summed E-state index contributed by atoms with van der Waals surface area (Å²) in [4.78, 5) is 31.1. The third-order valence-corrected chi connectivity index (χ3v) is 8.08. The molecular weight excluding hydrogens is 517 g/mol. The van der Waals surface area contributed by atoms with Crippen LogP contribution in [-0.4, -0.2) is 63.5 Å². The number of aromatic nitrogens is 2. The molecule has 2 saturated heterocycles. The third kappa shape index (κ3) is 3.85. The van der Waals surface area contributed by atoms with Crippen molar-refractivity contribution in [3.8, 4) is 0 Å². The van der Waals surface area contributed by atoms with E-state index in [2.05, 4.69) is 61.8 Å². The average molecular weight is 547 g/mol. The van der Waals surface area contributed by atoms with Crippen molar-refractivity contribution in [2.24, 2.45) is 5.92 Å². The van der Waals surface area contributed by atoms with Crippen LogP contribution in [0.5, 0.6) is 0 Å². The molecule has 2 aromatic rings. The zero-order chi connectivity index (χ0) is 22.6. The highest BCUT2D eigenvalue weighted by Crippen LogP contribution is 2.41. The lowest BCUT2D eigenvalue weighted by atomic mass is 9.93. The summed E-state index contributed by atoms with van der Waals surface area (Å²) in [5.74, 6) is 0.577. The second kappa shape index (κ2) is 8.44. The summed E-state index contributed by atoms with van der Waals surface area (Å²) >= 11 is 2.22. The lowest BCUT2D eigenvalue weighted by Gasteiger charge is -2.43. The predicted molar refractivity (Wildman–Crippen MR) is 132 cm³/mol. The molecule has 2 unspecified atom stereocenters. The fraction of sp³-hybridized carbons (Fsp3) is 0.542. The van der Waals surface area contributed by atoms with E-state index in [1.54, 1.807) is 0 Å². The number of nitrogens with one attached hydrogen (secondary N) is 2. The van der Waals surface area contributed by atoms with Gasteiger partial charge in [0, 0.05) is 51.5 Å². The Hall–Kier alpha value is -1.94. The zero-order valence-corrected chi connectivity index (χ0v) is 21.0. The number of rotatable bonds is 3. The van der Waals surface area contributed by atoms with Gasteiger partial charge in [0.2, 0.25) is 5.91 Å². The minimum absolute atomic E-state index is 0.0596. The van der Waals surface area contributed by atoms with Gasteiger partial charge in [-0.15, -0.1) is 0 Å². The summed E-state index contributed by atoms with van der Waals surface area (Å²) in [5, 5.41) is 10.5. The molecule has 8 heteroatoms. The Balaban J connectivity index is 1.31. The van der Waals surface area contributed by atoms with E-state index in [4.69, 9.17) is 0 Å². The molecule has 0 bridgehead atoms. The van der Waals surface area contributed by atoms with Gasteiger partial charge in [0.25, 0.3) is 5.91 Å². The monoisotopic (exact) mass is 547 g/mol. The maximum atomic E-state index is 13.6. The van der Waals surface area contributed by atoms with Crippen molar-refractivity contribution < 1.29 is 9.59 Å². The van der Waals surface area contributed by atoms with Crippen molar-refractivity contribution >= 4 is 40.2 Å². The Kier molecular flexibility index (Phi) is 5.77. The molecule has 0 radical (unpaired) electrons. The number of amides is 2. The first-order chi connectivity index (χ1) is 15.3. The number of carbonyl (C=O) groups is 2. The van der Waals surface area contributed by atoms with E-state index >= 15 is 0 Å². The first-order valence-electron chi connectivity index (χ1n) is 11.5. The molecule has 2 amide bonds. The number of aromatic amines is 1. The fourth-order valence-corrected chi connectivity index (χ4v) is 6.55. The van der Waals surface area contributed by atoms with Crippen molar-refractivity contribution in [3.63, 3.8) is 0 Å². The molecule has 2 N–H and O–H groups in total. The highest BCUT2D eigenvalue weighted by atomic mass is 127. The summed E-state index contributed by atoms with van der Waals surface area (Å²) in [6, 6.07) is 6.54. The molecule has 2 fully saturated rings. The Morgan fingerprint density at radius 2 is 2.03 bits per heavy atom. The summed E-state index contributed by atoms with van der Waals surface area (Å²) in [6.07, 6.45) is 3.04. The van der Waals surface area contributed by atoms with Gasteiger partial charge in [-0.3, -0.25) is 19.6 Å². The summed E-state index contributed by atoms with van der Waals surface area (Å²) in [7, 11) is 0. The van der Waals surface area contributed by atoms with Crippen LogP contribution < -0.4 is 5.32 Å². The minimum Gasteiger partial charge on any atom is -0.337 e. The Bertz CT molecular complexity index is 1050. The number of carbonyl (C=O) groups excluding carboxylic acids is 2. The minimum atomic E-state index is -0.172. The maximum Gasteiger partial charge on any atom is 0.256 e. The maximum absolute atomic E-state index is 13.6. The molecular formula is C24H30IN5O2. The molecule has 3 heterocycles. The number of H-pyrrole nitrogens is 1. The molecule has 1 aromatic heterocycles. The van der Waals surface area contributed by atoms with Gasteiger partial charge in [-0.25, -0.2) is 0 Å². The number of fused-ring (bicyclic) bond motifs is 2. The summed E-state index contributed by atoms with van der Waals surface area (Å²) < 4.78 is 1.02. The van der Waals surface area contributed by atoms with E-state index in [9.17, 15) is 9.59 Å². The van der Waals surface area contributed by atoms with Crippen LogP contribution in [0.25, 0.3) is 0 Å². The van der Waals surface area contributed by atoms with Gasteiger partial charge in [-0.2, -0.15) is 5.10 Å². The molecule has 7 nitrogen and oxygen atoms in total. The van der Waals surface area contributed by atoms with Crippen LogP contribution in [0.15, 0.2) is 18.2 Å². The van der Waals surface area contributed by atoms with Crippen molar-refractivity contribution in [3.05, 3.63) is 44.2 Å². The van der Waals surface area contributed by atoms with Gasteiger partial charge in [0.05, 0.1) is 5.92 Å². The van der Waals surface area contributed by atoms with E-state index < -0.39 is 0 Å². The lowest BCUT2D eigenvalue weighted by molar-refractivity contribution is -0.141. The lowest BCUT2D eigenvalue weighted by Crippen LogP contribution is -2.58. The smallest absolute Gasteiger partial charge is 0.256 e. The Morgan fingerprint density at radius 3 is 2.81 bits per heavy atom. The van der Waals surface area contributed by atoms with Crippen LogP contribution in [-0.2, 0) is 11.2 Å². The van der Waals surface area contributed by atoms with Gasteiger partial charge in [0.15, 0.2) is 5.82 Å². The molecule has 1 aromatic carbocycles. The fourth-order valence-electron chi connectivity index (χ4n) is 5.72. The van der Waals surface area contributed by atoms with Crippen LogP contribution in [0.1, 0.15) is 59.8 Å². The van der Waals surface area contributed by atoms with Crippen molar-refractivity contribution in [1.29, 1.82) is 0 Å². The molecule has 1 aliphatic carbocycles. The second-order valence-corrected chi connectivity index (χ2v) is 10.9. The third-order valence-electron chi connectivity index (χ3n) is 7.46. The topological polar surface area (TPSA) is 81.3 Å². The number of aryl methyl sites for hydroxylation is 1. The second-order valence-electron chi connectivity index (χ2n) is 9.67. The van der Waals surface area contributed by atoms with Gasteiger partial charge in [-0.1, -0.05) is 6.92 Å². The molecule has 3 aliphatic rings. The standard InChI is InChI=1S/C24H30IN5O2/c1-13-7-16(9-17(25)8-13)23(31)26-22-20-10-19(15(3)21(20)27-28-22)24(32)30-12-18-5-4-6-29(18)11-14(30)2/h7-9,14-15,18-19H,4-6,10-12H2,1-3H3,(H2,26,27,28,31)/t14-,15?,18-,19?/m0/s1. The van der Waals surface area contributed by atoms with Crippen LogP contribution in [0.2, 0.25) is 0 Å². The molecule has 2 aliphatic heterocycles. The largest absolute Gasteiger partial charge is 0.337 e. The van der Waals surface area contributed by atoms with Gasteiger partial charge in [-0.05, 0) is 86.0 Å². The molecule has 0 spiro atoms. The SMILES string of the molecule is Cc1cc(I)cc(C(=O)Nc2n[nH]c3c2CC(C(=O)N2C[C@@H]4CCCN4C[C@@H]2C)C3C)c1. The summed E-state index contributed by atoms with van der Waals surface area (Å²) in [6.45, 7) is 9.22. The van der Waals surface area contributed by atoms with Crippen LogP contribution in [0, 0.1) is 16.4 Å². The van der Waals surface area contributed by atoms with Gasteiger partial charge in [0.1, 0.15) is 0 Å². The van der Waals surface area contributed by atoms with Crippen LogP contribution >= 0.6 is 22.6 Å². The highest BCUT2D eigenvalue weighted by molar-refractivity contribution is 14.1. The number of hydrogen-bond acceptors (Lipinski definition) is 4. The number of anilines is 1. The first-order valence-corrected chi connectivity index (χ1v) is 12.6. The van der Waals surface area contributed by atoms with Crippen LogP contribution in [0.4, 0.5) is 5.82 Å². The Morgan fingerprint density at radius 1 is 1.22 bits per heavy atom. The first kappa shape index (κ1) is 21.9. The molecule has 4 atom stereocenters. The number of nitrogens with zero attached hydrogens (tertiary/aromatic N) is 3. The van der Waals surface area contributed by atoms with Crippen molar-refractivity contribution in [2.45, 2.75) is 58.0 Å². The van der Waals surface area contributed by atoms with Crippen molar-refractivity contribution in [2.75, 3.05) is 25.0 Å². The number of piperazine rings is 1. The zero-order valence-electron chi connectivity index (χ0n) is 18.8. The van der Waals surface area contributed by atoms with Gasteiger partial charge < -0.3 is 10.2 Å². The van der Waals surface area contributed by atoms with Crippen LogP contribution in [0.3, 0.4) is 0 Å². The van der Waals surface area contributed by atoms with E-state index in [0.29, 0.717) is 23.8 Å². The molecule has 32 heavy (non-hydrogen) atoms. The Labute approximate surface area is 202 Å². The average Bonchev–Trinajstić information content (AvgIpc) is 3.43. The molecule has 170 valence electrons. The number of halogens is 1. The predicted octanol–water partition coefficient (Wildman–Crippen LogP) is 3.55. The highest BCUT2D eigenvalue weighted by Gasteiger charge is 2.44. The summed E-state index contributed by atoms with van der Waals surface area (Å²) in [5.41, 5.74) is 3.61. The molecule has 5 rings (SSSR count).